The van der Waals surface area contributed by atoms with Crippen LogP contribution in [-0.4, -0.2) is 35.0 Å². The number of halogens is 2. The number of nitrogens with zero attached hydrogens (tertiary/aromatic N) is 3. The number of alkyl halides is 2. The van der Waals surface area contributed by atoms with Crippen molar-refractivity contribution in [3.63, 3.8) is 0 Å². The molecule has 0 unspecified atom stereocenters. The van der Waals surface area contributed by atoms with Gasteiger partial charge in [-0.05, 0) is 11.1 Å². The van der Waals surface area contributed by atoms with Gasteiger partial charge in [0.05, 0.1) is 12.9 Å². The van der Waals surface area contributed by atoms with Gasteiger partial charge >= 0.3 is 13.3 Å². The van der Waals surface area contributed by atoms with E-state index in [4.69, 9.17) is 15.5 Å². The van der Waals surface area contributed by atoms with Gasteiger partial charge in [0.1, 0.15) is 0 Å². The molecule has 0 fully saturated rings. The predicted octanol–water partition coefficient (Wildman–Crippen LogP) is 1.06. The molecule has 9 nitrogen and oxygen atoms in total. The number of nitrogens with two attached hydrogens (primary N) is 1. The van der Waals surface area contributed by atoms with Crippen molar-refractivity contribution < 1.29 is 23.1 Å². The zero-order chi connectivity index (χ0) is 19.1. The number of anilines is 1. The van der Waals surface area contributed by atoms with Crippen LogP contribution in [0.3, 0.4) is 0 Å². The van der Waals surface area contributed by atoms with E-state index >= 15 is 0 Å². The molecule has 3 aromatic rings. The average Bonchev–Trinajstić information content (AvgIpc) is 2.91. The van der Waals surface area contributed by atoms with Crippen molar-refractivity contribution in [1.82, 2.24) is 19.5 Å². The van der Waals surface area contributed by atoms with Gasteiger partial charge < -0.3 is 20.1 Å². The minimum absolute atomic E-state index is 0.0562. The number of hydrogen-bond acceptors (Lipinski definition) is 5. The van der Waals surface area contributed by atoms with Crippen molar-refractivity contribution >= 4 is 24.7 Å². The Labute approximate surface area is 144 Å². The van der Waals surface area contributed by atoms with Gasteiger partial charge in [-0.1, -0.05) is 24.3 Å². The Hall–Kier alpha value is -2.62. The van der Waals surface area contributed by atoms with Crippen LogP contribution in [0.4, 0.5) is 14.7 Å². The van der Waals surface area contributed by atoms with E-state index in [2.05, 4.69) is 15.0 Å². The second-order valence-corrected chi connectivity index (χ2v) is 7.44. The van der Waals surface area contributed by atoms with Crippen molar-refractivity contribution in [2.45, 2.75) is 18.6 Å². The number of imidazole rings is 1. The van der Waals surface area contributed by atoms with Crippen molar-refractivity contribution in [2.75, 3.05) is 5.73 Å². The van der Waals surface area contributed by atoms with Crippen molar-refractivity contribution in [2.24, 2.45) is 0 Å². The molecule has 0 radical (unpaired) electrons. The Morgan fingerprint density at radius 2 is 1.85 bits per heavy atom. The van der Waals surface area contributed by atoms with Crippen LogP contribution in [0.2, 0.25) is 0 Å². The molecule has 12 heteroatoms. The van der Waals surface area contributed by atoms with Gasteiger partial charge in [0, 0.05) is 6.42 Å². The summed E-state index contributed by atoms with van der Waals surface area (Å²) in [4.78, 5) is 39.4. The first-order valence-corrected chi connectivity index (χ1v) is 8.90. The fourth-order valence-corrected chi connectivity index (χ4v) is 2.78. The van der Waals surface area contributed by atoms with E-state index in [1.165, 1.54) is 30.6 Å². The van der Waals surface area contributed by atoms with Gasteiger partial charge in [-0.3, -0.25) is 14.3 Å². The first kappa shape index (κ1) is 18.2. The highest BCUT2D eigenvalue weighted by atomic mass is 31.2. The lowest BCUT2D eigenvalue weighted by Crippen LogP contribution is -2.19. The van der Waals surface area contributed by atoms with Crippen molar-refractivity contribution in [1.29, 1.82) is 0 Å². The van der Waals surface area contributed by atoms with E-state index in [0.29, 0.717) is 5.56 Å². The third kappa shape index (κ3) is 3.50. The van der Waals surface area contributed by atoms with Crippen LogP contribution in [0.25, 0.3) is 11.2 Å². The van der Waals surface area contributed by atoms with Gasteiger partial charge in [0.15, 0.2) is 11.2 Å². The molecule has 0 saturated heterocycles. The molecule has 5 N–H and O–H groups in total. The number of benzene rings is 1. The highest BCUT2D eigenvalue weighted by Gasteiger charge is 2.48. The fraction of sp³-hybridized carbons (Fsp3) is 0.214. The van der Waals surface area contributed by atoms with Gasteiger partial charge in [-0.15, -0.1) is 0 Å². The maximum atomic E-state index is 13.4. The van der Waals surface area contributed by atoms with Gasteiger partial charge in [0.2, 0.25) is 5.95 Å². The molecule has 1 aromatic carbocycles. The predicted molar refractivity (Wildman–Crippen MR) is 88.8 cm³/mol. The lowest BCUT2D eigenvalue weighted by Gasteiger charge is -2.17. The summed E-state index contributed by atoms with van der Waals surface area (Å²) in [5.41, 5.74) is 2.09. The maximum absolute atomic E-state index is 13.4. The molecule has 0 aliphatic rings. The number of H-pyrrole nitrogens is 1. The quantitative estimate of drug-likeness (QED) is 0.480. The van der Waals surface area contributed by atoms with Gasteiger partial charge in [0.25, 0.3) is 5.56 Å². The Bertz CT molecular complexity index is 1060. The Balaban J connectivity index is 1.83. The van der Waals surface area contributed by atoms with E-state index in [1.54, 1.807) is 4.57 Å². The smallest absolute Gasteiger partial charge is 0.369 e. The highest BCUT2D eigenvalue weighted by Crippen LogP contribution is 2.54. The molecule has 0 saturated carbocycles. The molecule has 0 aliphatic carbocycles. The van der Waals surface area contributed by atoms with Crippen molar-refractivity contribution in [3.05, 3.63) is 52.1 Å². The van der Waals surface area contributed by atoms with Crippen molar-refractivity contribution in [3.8, 4) is 0 Å². The molecule has 3 rings (SSSR count). The number of aromatic amines is 1. The molecule has 26 heavy (non-hydrogen) atoms. The molecular formula is C14H14F2N5O4P. The minimum atomic E-state index is -5.53. The van der Waals surface area contributed by atoms with Crippen LogP contribution in [-0.2, 0) is 17.5 Å². The van der Waals surface area contributed by atoms with E-state index in [9.17, 15) is 18.1 Å². The number of rotatable bonds is 5. The van der Waals surface area contributed by atoms with E-state index < -0.39 is 25.2 Å². The second-order valence-electron chi connectivity index (χ2n) is 5.70. The molecule has 0 aliphatic heterocycles. The average molecular weight is 385 g/mol. The summed E-state index contributed by atoms with van der Waals surface area (Å²) in [6.07, 6.45) is 0.335. The monoisotopic (exact) mass is 385 g/mol. The zero-order valence-electron chi connectivity index (χ0n) is 13.1. The first-order valence-electron chi connectivity index (χ1n) is 7.29. The van der Waals surface area contributed by atoms with Crippen LogP contribution >= 0.6 is 7.60 Å². The SMILES string of the molecule is Nc1nc2c(ncn2Cc2ccc(CC(F)(F)P(=O)(O)O)cc2)c(=O)[nH]1. The van der Waals surface area contributed by atoms with E-state index in [1.807, 2.05) is 0 Å². The number of aromatic nitrogens is 4. The lowest BCUT2D eigenvalue weighted by molar-refractivity contribution is 0.0594. The number of fused-ring (bicyclic) bond motifs is 1. The third-order valence-electron chi connectivity index (χ3n) is 3.71. The summed E-state index contributed by atoms with van der Waals surface area (Å²) in [7, 11) is -5.53. The summed E-state index contributed by atoms with van der Waals surface area (Å²) in [5, 5.41) is 0. The van der Waals surface area contributed by atoms with Crippen LogP contribution in [0, 0.1) is 0 Å². The summed E-state index contributed by atoms with van der Waals surface area (Å²) < 4.78 is 39.3. The summed E-state index contributed by atoms with van der Waals surface area (Å²) in [6.45, 7) is 0.252. The molecule has 0 amide bonds. The van der Waals surface area contributed by atoms with Crippen LogP contribution in [0.1, 0.15) is 11.1 Å². The standard InChI is InChI=1S/C14H14F2N5O4P/c15-14(16,26(23,24)25)5-8-1-3-9(4-2-8)6-21-7-18-10-11(21)19-13(17)20-12(10)22/h1-4,7H,5-6H2,(H2,23,24,25)(H3,17,19,20,22). The number of hydrogen-bond donors (Lipinski definition) is 4. The zero-order valence-corrected chi connectivity index (χ0v) is 14.0. The first-order chi connectivity index (χ1) is 12.1. The van der Waals surface area contributed by atoms with E-state index in [-0.39, 0.29) is 29.2 Å². The Kier molecular flexibility index (Phi) is 4.39. The second kappa shape index (κ2) is 6.27. The van der Waals surface area contributed by atoms with E-state index in [0.717, 1.165) is 0 Å². The van der Waals surface area contributed by atoms with Crippen LogP contribution in [0.5, 0.6) is 0 Å². The van der Waals surface area contributed by atoms with Gasteiger partial charge in [-0.2, -0.15) is 13.8 Å². The number of nitrogen functional groups attached to an aromatic ring is 1. The summed E-state index contributed by atoms with van der Waals surface area (Å²) in [6, 6.07) is 5.78. The van der Waals surface area contributed by atoms with Crippen LogP contribution < -0.4 is 11.3 Å². The molecular weight excluding hydrogens is 371 g/mol. The molecule has 138 valence electrons. The lowest BCUT2D eigenvalue weighted by atomic mass is 10.1. The fourth-order valence-electron chi connectivity index (χ4n) is 2.39. The molecule has 0 spiro atoms. The van der Waals surface area contributed by atoms with Crippen LogP contribution in [0.15, 0.2) is 35.4 Å². The Morgan fingerprint density at radius 3 is 2.46 bits per heavy atom. The molecule has 0 bridgehead atoms. The molecule has 2 heterocycles. The molecule has 0 atom stereocenters. The normalized spacial score (nSPS) is 12.6. The highest BCUT2D eigenvalue weighted by molar-refractivity contribution is 7.53. The summed E-state index contributed by atoms with van der Waals surface area (Å²) >= 11 is 0. The van der Waals surface area contributed by atoms with Gasteiger partial charge in [-0.25, -0.2) is 4.98 Å². The minimum Gasteiger partial charge on any atom is -0.369 e. The molecule has 2 aromatic heterocycles. The third-order valence-corrected chi connectivity index (χ3v) is 4.72. The largest absolute Gasteiger partial charge is 0.394 e. The number of nitrogens with one attached hydrogen (secondary N) is 1. The maximum Gasteiger partial charge on any atom is 0.394 e. The summed E-state index contributed by atoms with van der Waals surface area (Å²) in [5.74, 6) is -0.0562. The topological polar surface area (TPSA) is 147 Å². The Morgan fingerprint density at radius 1 is 1.23 bits per heavy atom.